The summed E-state index contributed by atoms with van der Waals surface area (Å²) in [4.78, 5) is 14.3. The molecule has 1 saturated carbocycles. The molecule has 1 aliphatic carbocycles. The summed E-state index contributed by atoms with van der Waals surface area (Å²) in [5.41, 5.74) is 5.99. The molecule has 4 heteroatoms. The monoisotopic (exact) mass is 281 g/mol. The van der Waals surface area contributed by atoms with Crippen molar-refractivity contribution in [1.29, 1.82) is 0 Å². The van der Waals surface area contributed by atoms with Crippen molar-refractivity contribution in [2.24, 2.45) is 17.6 Å². The third-order valence-electron chi connectivity index (χ3n) is 5.03. The van der Waals surface area contributed by atoms with Crippen LogP contribution < -0.4 is 11.1 Å². The number of carbonyl (C=O) groups excluding carboxylic acids is 1. The molecule has 0 radical (unpaired) electrons. The number of hydrogen-bond donors (Lipinski definition) is 2. The van der Waals surface area contributed by atoms with Crippen molar-refractivity contribution < 1.29 is 4.79 Å². The minimum atomic E-state index is 0.239. The molecule has 2 fully saturated rings. The molecule has 3 N–H and O–H groups in total. The first-order valence-electron chi connectivity index (χ1n) is 8.34. The van der Waals surface area contributed by atoms with Gasteiger partial charge in [0, 0.05) is 19.0 Å². The predicted molar refractivity (Wildman–Crippen MR) is 82.4 cm³/mol. The normalized spacial score (nSPS) is 29.3. The standard InChI is InChI=1S/C16H31N3O/c1-19-9-7-14(8-10-19)12-18-16(20)6-5-13-3-2-4-15(17)11-13/h13-15H,2-12,17H2,1H3,(H,18,20). The molecule has 2 unspecified atom stereocenters. The highest BCUT2D eigenvalue weighted by molar-refractivity contribution is 5.75. The van der Waals surface area contributed by atoms with E-state index in [9.17, 15) is 4.79 Å². The molecule has 4 nitrogen and oxygen atoms in total. The highest BCUT2D eigenvalue weighted by Crippen LogP contribution is 2.26. The van der Waals surface area contributed by atoms with Crippen molar-refractivity contribution >= 4 is 5.91 Å². The molecule has 116 valence electrons. The van der Waals surface area contributed by atoms with E-state index in [1.54, 1.807) is 0 Å². The Morgan fingerprint density at radius 3 is 2.65 bits per heavy atom. The smallest absolute Gasteiger partial charge is 0.220 e. The Hall–Kier alpha value is -0.610. The maximum absolute atomic E-state index is 11.9. The SMILES string of the molecule is CN1CCC(CNC(=O)CCC2CCCC(N)C2)CC1. The van der Waals surface area contributed by atoms with Gasteiger partial charge in [-0.2, -0.15) is 0 Å². The van der Waals surface area contributed by atoms with Gasteiger partial charge in [-0.1, -0.05) is 12.8 Å². The molecular formula is C16H31N3O. The first-order valence-corrected chi connectivity index (χ1v) is 8.34. The van der Waals surface area contributed by atoms with Gasteiger partial charge < -0.3 is 16.0 Å². The first kappa shape index (κ1) is 15.8. The number of piperidine rings is 1. The minimum absolute atomic E-state index is 0.239. The Balaban J connectivity index is 1.56. The summed E-state index contributed by atoms with van der Waals surface area (Å²) in [6.45, 7) is 3.21. The maximum Gasteiger partial charge on any atom is 0.220 e. The van der Waals surface area contributed by atoms with Crippen molar-refractivity contribution in [3.8, 4) is 0 Å². The summed E-state index contributed by atoms with van der Waals surface area (Å²) in [6.07, 6.45) is 8.92. The molecule has 0 spiro atoms. The highest BCUT2D eigenvalue weighted by atomic mass is 16.1. The Morgan fingerprint density at radius 2 is 1.95 bits per heavy atom. The molecular weight excluding hydrogens is 250 g/mol. The molecule has 1 amide bonds. The summed E-state index contributed by atoms with van der Waals surface area (Å²) in [6, 6.07) is 0.371. The van der Waals surface area contributed by atoms with Gasteiger partial charge in [0.05, 0.1) is 0 Å². The van der Waals surface area contributed by atoms with Crippen LogP contribution in [0.1, 0.15) is 51.4 Å². The van der Waals surface area contributed by atoms with Crippen LogP contribution in [0.3, 0.4) is 0 Å². The van der Waals surface area contributed by atoms with Crippen LogP contribution in [0.4, 0.5) is 0 Å². The van der Waals surface area contributed by atoms with E-state index in [0.29, 0.717) is 24.3 Å². The fourth-order valence-electron chi connectivity index (χ4n) is 3.54. The van der Waals surface area contributed by atoms with Gasteiger partial charge in [0.2, 0.25) is 5.91 Å². The second-order valence-corrected chi connectivity index (χ2v) is 6.88. The zero-order valence-electron chi connectivity index (χ0n) is 12.9. The molecule has 0 aromatic rings. The number of nitrogens with one attached hydrogen (secondary N) is 1. The highest BCUT2D eigenvalue weighted by Gasteiger charge is 2.20. The molecule has 2 aliphatic rings. The molecule has 0 bridgehead atoms. The van der Waals surface area contributed by atoms with Crippen LogP contribution in [0.15, 0.2) is 0 Å². The van der Waals surface area contributed by atoms with Crippen molar-refractivity contribution in [3.05, 3.63) is 0 Å². The van der Waals surface area contributed by atoms with Gasteiger partial charge >= 0.3 is 0 Å². The van der Waals surface area contributed by atoms with Gasteiger partial charge in [-0.3, -0.25) is 4.79 Å². The second-order valence-electron chi connectivity index (χ2n) is 6.88. The molecule has 1 aliphatic heterocycles. The Kier molecular flexibility index (Phi) is 6.30. The van der Waals surface area contributed by atoms with Crippen LogP contribution in [0.2, 0.25) is 0 Å². The van der Waals surface area contributed by atoms with Crippen molar-refractivity contribution in [3.63, 3.8) is 0 Å². The zero-order valence-corrected chi connectivity index (χ0v) is 12.9. The average Bonchev–Trinajstić information content (AvgIpc) is 2.45. The van der Waals surface area contributed by atoms with Crippen LogP contribution in [0.5, 0.6) is 0 Å². The van der Waals surface area contributed by atoms with E-state index >= 15 is 0 Å². The van der Waals surface area contributed by atoms with Crippen LogP contribution in [-0.4, -0.2) is 43.5 Å². The van der Waals surface area contributed by atoms with E-state index in [-0.39, 0.29) is 5.91 Å². The van der Waals surface area contributed by atoms with E-state index in [1.165, 1.54) is 45.2 Å². The molecule has 20 heavy (non-hydrogen) atoms. The third kappa shape index (κ3) is 5.41. The maximum atomic E-state index is 11.9. The Morgan fingerprint density at radius 1 is 1.20 bits per heavy atom. The number of nitrogens with zero attached hydrogens (tertiary/aromatic N) is 1. The van der Waals surface area contributed by atoms with Crippen LogP contribution in [-0.2, 0) is 4.79 Å². The molecule has 1 heterocycles. The lowest BCUT2D eigenvalue weighted by Gasteiger charge is -2.29. The summed E-state index contributed by atoms with van der Waals surface area (Å²) in [5.74, 6) is 1.59. The Labute approximate surface area is 123 Å². The van der Waals surface area contributed by atoms with Gasteiger partial charge in [0.15, 0.2) is 0 Å². The fourth-order valence-corrected chi connectivity index (χ4v) is 3.54. The number of amides is 1. The number of likely N-dealkylation sites (tertiary alicyclic amines) is 1. The van der Waals surface area contributed by atoms with Crippen molar-refractivity contribution in [2.75, 3.05) is 26.7 Å². The summed E-state index contributed by atoms with van der Waals surface area (Å²) >= 11 is 0. The topological polar surface area (TPSA) is 58.4 Å². The van der Waals surface area contributed by atoms with E-state index in [4.69, 9.17) is 5.73 Å². The van der Waals surface area contributed by atoms with Crippen LogP contribution in [0, 0.1) is 11.8 Å². The van der Waals surface area contributed by atoms with Gasteiger partial charge in [0.1, 0.15) is 0 Å². The number of carbonyl (C=O) groups is 1. The third-order valence-corrected chi connectivity index (χ3v) is 5.03. The zero-order chi connectivity index (χ0) is 14.4. The molecule has 0 aromatic carbocycles. The van der Waals surface area contributed by atoms with Gasteiger partial charge in [-0.15, -0.1) is 0 Å². The first-order chi connectivity index (χ1) is 9.63. The molecule has 2 rings (SSSR count). The predicted octanol–water partition coefficient (Wildman–Crippen LogP) is 1.74. The van der Waals surface area contributed by atoms with Crippen LogP contribution >= 0.6 is 0 Å². The molecule has 1 saturated heterocycles. The van der Waals surface area contributed by atoms with Crippen molar-refractivity contribution in [2.45, 2.75) is 57.4 Å². The summed E-state index contributed by atoms with van der Waals surface area (Å²) in [7, 11) is 2.17. The number of rotatable bonds is 5. The van der Waals surface area contributed by atoms with E-state index < -0.39 is 0 Å². The lowest BCUT2D eigenvalue weighted by Crippen LogP contribution is -2.37. The van der Waals surface area contributed by atoms with E-state index in [1.807, 2.05) is 0 Å². The summed E-state index contributed by atoms with van der Waals surface area (Å²) < 4.78 is 0. The minimum Gasteiger partial charge on any atom is -0.356 e. The lowest BCUT2D eigenvalue weighted by molar-refractivity contribution is -0.121. The fraction of sp³-hybridized carbons (Fsp3) is 0.938. The Bertz CT molecular complexity index is 300. The second kappa shape index (κ2) is 7.99. The van der Waals surface area contributed by atoms with Gasteiger partial charge in [-0.25, -0.2) is 0 Å². The van der Waals surface area contributed by atoms with Crippen molar-refractivity contribution in [1.82, 2.24) is 10.2 Å². The summed E-state index contributed by atoms with van der Waals surface area (Å²) in [5, 5.41) is 3.13. The average molecular weight is 281 g/mol. The number of hydrogen-bond acceptors (Lipinski definition) is 3. The van der Waals surface area contributed by atoms with E-state index in [0.717, 1.165) is 19.4 Å². The van der Waals surface area contributed by atoms with E-state index in [2.05, 4.69) is 17.3 Å². The largest absolute Gasteiger partial charge is 0.356 e. The molecule has 2 atom stereocenters. The van der Waals surface area contributed by atoms with Gasteiger partial charge in [0.25, 0.3) is 0 Å². The van der Waals surface area contributed by atoms with Gasteiger partial charge in [-0.05, 0) is 64.1 Å². The quantitative estimate of drug-likeness (QED) is 0.807. The molecule has 0 aromatic heterocycles. The lowest BCUT2D eigenvalue weighted by atomic mass is 9.83. The van der Waals surface area contributed by atoms with Crippen LogP contribution in [0.25, 0.3) is 0 Å². The number of nitrogens with two attached hydrogens (primary N) is 1.